The summed E-state index contributed by atoms with van der Waals surface area (Å²) in [6.07, 6.45) is 4.02. The van der Waals surface area contributed by atoms with Crippen LogP contribution >= 0.6 is 0 Å². The van der Waals surface area contributed by atoms with Crippen LogP contribution in [-0.2, 0) is 4.79 Å². The number of aromatic amines is 1. The predicted molar refractivity (Wildman–Crippen MR) is 96.7 cm³/mol. The molecule has 0 unspecified atom stereocenters. The van der Waals surface area contributed by atoms with E-state index < -0.39 is 5.76 Å². The number of carbonyl (C=O) groups is 1. The van der Waals surface area contributed by atoms with Crippen LogP contribution in [-0.4, -0.2) is 17.5 Å². The Morgan fingerprint density at radius 2 is 2.08 bits per heavy atom. The Morgan fingerprint density at radius 3 is 2.92 bits per heavy atom. The molecule has 3 aromatic rings. The number of para-hydroxylation sites is 2. The van der Waals surface area contributed by atoms with Crippen molar-refractivity contribution in [1.29, 1.82) is 0 Å². The van der Waals surface area contributed by atoms with Gasteiger partial charge >= 0.3 is 5.76 Å². The third-order valence-electron chi connectivity index (χ3n) is 3.51. The number of aromatic nitrogens is 1. The monoisotopic (exact) mass is 338 g/mol. The molecule has 0 atom stereocenters. The van der Waals surface area contributed by atoms with E-state index in [1.54, 1.807) is 24.3 Å². The Kier molecular flexibility index (Phi) is 4.99. The molecular weight excluding hydrogens is 320 g/mol. The van der Waals surface area contributed by atoms with Gasteiger partial charge in [0.15, 0.2) is 5.58 Å². The first-order chi connectivity index (χ1) is 12.2. The van der Waals surface area contributed by atoms with E-state index in [0.717, 1.165) is 17.7 Å². The molecule has 1 amide bonds. The summed E-state index contributed by atoms with van der Waals surface area (Å²) in [7, 11) is 0. The molecule has 25 heavy (non-hydrogen) atoms. The summed E-state index contributed by atoms with van der Waals surface area (Å²) in [5.74, 6) is -0.149. The van der Waals surface area contributed by atoms with Crippen molar-refractivity contribution < 1.29 is 13.9 Å². The lowest BCUT2D eigenvalue weighted by Crippen LogP contribution is -2.08. The maximum Gasteiger partial charge on any atom is 0.417 e. The quantitative estimate of drug-likeness (QED) is 0.673. The third-order valence-corrected chi connectivity index (χ3v) is 3.51. The zero-order valence-corrected chi connectivity index (χ0v) is 13.7. The van der Waals surface area contributed by atoms with Gasteiger partial charge in [0.05, 0.1) is 12.3 Å². The largest absolute Gasteiger partial charge is 0.493 e. The van der Waals surface area contributed by atoms with Crippen molar-refractivity contribution in [3.63, 3.8) is 0 Å². The zero-order chi connectivity index (χ0) is 17.6. The molecule has 0 aliphatic heterocycles. The molecule has 3 rings (SSSR count). The number of nitrogens with one attached hydrogen (secondary N) is 2. The van der Waals surface area contributed by atoms with Crippen molar-refractivity contribution in [3.05, 3.63) is 64.7 Å². The highest BCUT2D eigenvalue weighted by molar-refractivity contribution is 6.06. The Bertz CT molecular complexity index is 969. The Balaban J connectivity index is 1.76. The average molecular weight is 338 g/mol. The summed E-state index contributed by atoms with van der Waals surface area (Å²) in [6, 6.07) is 12.6. The number of H-pyrrole nitrogens is 1. The first-order valence-corrected chi connectivity index (χ1v) is 8.00. The normalized spacial score (nSPS) is 11.1. The topological polar surface area (TPSA) is 84.3 Å². The van der Waals surface area contributed by atoms with Crippen LogP contribution in [0.15, 0.2) is 57.8 Å². The maximum absolute atomic E-state index is 12.2. The molecule has 128 valence electrons. The maximum atomic E-state index is 12.2. The molecule has 1 aromatic heterocycles. The smallest absolute Gasteiger partial charge is 0.417 e. The van der Waals surface area contributed by atoms with Gasteiger partial charge in [0.2, 0.25) is 5.91 Å². The van der Waals surface area contributed by atoms with Crippen LogP contribution in [0.25, 0.3) is 17.2 Å². The van der Waals surface area contributed by atoms with Gasteiger partial charge in [-0.15, -0.1) is 0 Å². The molecule has 0 fully saturated rings. The summed E-state index contributed by atoms with van der Waals surface area (Å²) in [5, 5.41) is 2.73. The highest BCUT2D eigenvalue weighted by Crippen LogP contribution is 2.21. The first kappa shape index (κ1) is 16.6. The van der Waals surface area contributed by atoms with E-state index in [1.807, 2.05) is 31.2 Å². The molecule has 1 heterocycles. The lowest BCUT2D eigenvalue weighted by Gasteiger charge is -2.07. The van der Waals surface area contributed by atoms with Crippen LogP contribution in [0.3, 0.4) is 0 Å². The minimum Gasteiger partial charge on any atom is -0.493 e. The molecule has 0 aliphatic carbocycles. The fourth-order valence-corrected chi connectivity index (χ4v) is 2.38. The number of benzene rings is 2. The van der Waals surface area contributed by atoms with Crippen molar-refractivity contribution in [2.75, 3.05) is 11.9 Å². The average Bonchev–Trinajstić information content (AvgIpc) is 3.00. The van der Waals surface area contributed by atoms with E-state index in [-0.39, 0.29) is 5.91 Å². The Morgan fingerprint density at radius 1 is 1.24 bits per heavy atom. The van der Waals surface area contributed by atoms with Crippen molar-refractivity contribution in [3.8, 4) is 5.75 Å². The van der Waals surface area contributed by atoms with Crippen LogP contribution in [0, 0.1) is 0 Å². The van der Waals surface area contributed by atoms with E-state index in [1.165, 1.54) is 6.08 Å². The van der Waals surface area contributed by atoms with E-state index in [4.69, 9.17) is 9.15 Å². The van der Waals surface area contributed by atoms with Crippen molar-refractivity contribution in [2.24, 2.45) is 0 Å². The van der Waals surface area contributed by atoms with Crippen LogP contribution in [0.4, 0.5) is 5.69 Å². The van der Waals surface area contributed by atoms with E-state index in [9.17, 15) is 9.59 Å². The van der Waals surface area contributed by atoms with Crippen LogP contribution in [0.2, 0.25) is 0 Å². The summed E-state index contributed by atoms with van der Waals surface area (Å²) >= 11 is 0. The van der Waals surface area contributed by atoms with E-state index in [2.05, 4.69) is 10.3 Å². The second-order valence-electron chi connectivity index (χ2n) is 5.40. The standard InChI is InChI=1S/C19H18N2O4/c1-2-12-24-15-8-4-3-6-13(15)10-11-17(22)20-14-7-5-9-16-18(14)21-19(23)25-16/h3-11H,2,12H2,1H3,(H,20,22)(H,21,23)/b11-10+. The molecule has 0 bridgehead atoms. The van der Waals surface area contributed by atoms with Gasteiger partial charge < -0.3 is 14.5 Å². The molecule has 0 saturated carbocycles. The van der Waals surface area contributed by atoms with Crippen LogP contribution in [0.5, 0.6) is 5.75 Å². The van der Waals surface area contributed by atoms with E-state index >= 15 is 0 Å². The second-order valence-corrected chi connectivity index (χ2v) is 5.40. The molecule has 6 nitrogen and oxygen atoms in total. The number of fused-ring (bicyclic) bond motifs is 1. The minimum atomic E-state index is -0.561. The van der Waals surface area contributed by atoms with E-state index in [0.29, 0.717) is 23.4 Å². The summed E-state index contributed by atoms with van der Waals surface area (Å²) in [4.78, 5) is 26.1. The predicted octanol–water partition coefficient (Wildman–Crippen LogP) is 3.56. The Hall–Kier alpha value is -3.28. The lowest BCUT2D eigenvalue weighted by molar-refractivity contribution is -0.111. The van der Waals surface area contributed by atoms with Gasteiger partial charge in [-0.25, -0.2) is 4.79 Å². The van der Waals surface area contributed by atoms with Gasteiger partial charge in [0, 0.05) is 11.6 Å². The number of anilines is 1. The second kappa shape index (κ2) is 7.53. The highest BCUT2D eigenvalue weighted by atomic mass is 16.5. The zero-order valence-electron chi connectivity index (χ0n) is 13.7. The highest BCUT2D eigenvalue weighted by Gasteiger charge is 2.08. The SMILES string of the molecule is CCCOc1ccccc1/C=C/C(=O)Nc1cccc2oc(=O)[nH]c12. The van der Waals surface area contributed by atoms with Gasteiger partial charge in [0.1, 0.15) is 11.3 Å². The number of amides is 1. The van der Waals surface area contributed by atoms with Crippen LogP contribution < -0.4 is 15.8 Å². The number of hydrogen-bond donors (Lipinski definition) is 2. The third kappa shape index (κ3) is 3.98. The molecular formula is C19H18N2O4. The Labute approximate surface area is 144 Å². The molecule has 6 heteroatoms. The number of hydrogen-bond acceptors (Lipinski definition) is 4. The number of carbonyl (C=O) groups excluding carboxylic acids is 1. The van der Waals surface area contributed by atoms with Crippen molar-refractivity contribution in [2.45, 2.75) is 13.3 Å². The first-order valence-electron chi connectivity index (χ1n) is 8.00. The van der Waals surface area contributed by atoms with Gasteiger partial charge in [-0.05, 0) is 30.7 Å². The van der Waals surface area contributed by atoms with Gasteiger partial charge in [0.25, 0.3) is 0 Å². The van der Waals surface area contributed by atoms with Crippen molar-refractivity contribution >= 4 is 28.8 Å². The summed E-state index contributed by atoms with van der Waals surface area (Å²) in [5.41, 5.74) is 2.15. The summed E-state index contributed by atoms with van der Waals surface area (Å²) in [6.45, 7) is 2.65. The fourth-order valence-electron chi connectivity index (χ4n) is 2.38. The molecule has 0 saturated heterocycles. The number of rotatable bonds is 6. The number of oxazole rings is 1. The lowest BCUT2D eigenvalue weighted by atomic mass is 10.2. The molecule has 0 aliphatic rings. The molecule has 2 N–H and O–H groups in total. The fraction of sp³-hybridized carbons (Fsp3) is 0.158. The van der Waals surface area contributed by atoms with Crippen molar-refractivity contribution in [1.82, 2.24) is 4.98 Å². The molecule has 0 spiro atoms. The van der Waals surface area contributed by atoms with Crippen LogP contribution in [0.1, 0.15) is 18.9 Å². The van der Waals surface area contributed by atoms with Gasteiger partial charge in [-0.3, -0.25) is 9.78 Å². The minimum absolute atomic E-state index is 0.320. The summed E-state index contributed by atoms with van der Waals surface area (Å²) < 4.78 is 10.6. The van der Waals surface area contributed by atoms with Gasteiger partial charge in [-0.1, -0.05) is 31.2 Å². The molecule has 0 radical (unpaired) electrons. The van der Waals surface area contributed by atoms with Gasteiger partial charge in [-0.2, -0.15) is 0 Å². The number of ether oxygens (including phenoxy) is 1. The molecule has 2 aromatic carbocycles.